The summed E-state index contributed by atoms with van der Waals surface area (Å²) in [5, 5.41) is 1.44. The molecular weight excluding hydrogens is 403 g/mol. The maximum atomic E-state index is 12.6. The van der Waals surface area contributed by atoms with E-state index in [9.17, 15) is 8.42 Å². The monoisotopic (exact) mass is 416 g/mol. The quantitative estimate of drug-likeness (QED) is 0.571. The van der Waals surface area contributed by atoms with Crippen molar-refractivity contribution >= 4 is 55.7 Å². The smallest absolute Gasteiger partial charge is 0.242 e. The number of sulfonamides is 1. The van der Waals surface area contributed by atoms with Crippen molar-refractivity contribution in [2.24, 2.45) is 0 Å². The molecule has 0 bridgehead atoms. The van der Waals surface area contributed by atoms with Crippen LogP contribution in [-0.4, -0.2) is 19.4 Å². The third-order valence-corrected chi connectivity index (χ3v) is 6.60. The number of fused-ring (bicyclic) bond motifs is 1. The Labute approximate surface area is 161 Å². The van der Waals surface area contributed by atoms with Gasteiger partial charge in [0.05, 0.1) is 15.1 Å². The molecule has 2 aromatic carbocycles. The van der Waals surface area contributed by atoms with Crippen LogP contribution in [0.15, 0.2) is 47.5 Å². The van der Waals surface area contributed by atoms with Crippen LogP contribution in [0.2, 0.25) is 15.1 Å². The summed E-state index contributed by atoms with van der Waals surface area (Å²) in [6, 6.07) is 10.1. The summed E-state index contributed by atoms with van der Waals surface area (Å²) >= 11 is 17.8. The first-order valence-electron chi connectivity index (χ1n) is 7.50. The summed E-state index contributed by atoms with van der Waals surface area (Å²) in [5.74, 6) is 0. The van der Waals surface area contributed by atoms with Crippen LogP contribution in [0.1, 0.15) is 12.5 Å². The second-order valence-electron chi connectivity index (χ2n) is 5.78. The number of rotatable bonds is 5. The lowest BCUT2D eigenvalue weighted by atomic mass is 10.1. The van der Waals surface area contributed by atoms with Gasteiger partial charge in [-0.1, -0.05) is 53.0 Å². The summed E-state index contributed by atoms with van der Waals surface area (Å²) in [4.78, 5) is 3.09. The summed E-state index contributed by atoms with van der Waals surface area (Å²) < 4.78 is 27.9. The standard InChI is InChI=1S/C17H15Cl3N2O2S/c1-10(6-11-9-21-16-5-3-2-4-12(11)16)22-25(23,24)17-8-14(19)13(18)7-15(17)20/h2-5,7-10,21-22H,6H2,1H3. The molecule has 1 heterocycles. The first kappa shape index (κ1) is 18.5. The fourth-order valence-electron chi connectivity index (χ4n) is 2.71. The fraction of sp³-hybridized carbons (Fsp3) is 0.176. The van der Waals surface area contributed by atoms with Gasteiger partial charge < -0.3 is 4.98 Å². The third kappa shape index (κ3) is 3.96. The molecule has 3 rings (SSSR count). The molecule has 1 unspecified atom stereocenters. The lowest BCUT2D eigenvalue weighted by Crippen LogP contribution is -2.34. The van der Waals surface area contributed by atoms with Crippen LogP contribution in [0.3, 0.4) is 0 Å². The number of aromatic amines is 1. The molecule has 132 valence electrons. The van der Waals surface area contributed by atoms with E-state index in [1.54, 1.807) is 6.92 Å². The number of aromatic nitrogens is 1. The summed E-state index contributed by atoms with van der Waals surface area (Å²) in [6.45, 7) is 1.80. The number of para-hydroxylation sites is 1. The van der Waals surface area contributed by atoms with Crippen molar-refractivity contribution in [3.05, 3.63) is 63.2 Å². The fourth-order valence-corrected chi connectivity index (χ4v) is 4.96. The Morgan fingerprint density at radius 3 is 2.52 bits per heavy atom. The molecule has 3 aromatic rings. The Balaban J connectivity index is 1.82. The molecule has 0 aliphatic rings. The molecule has 25 heavy (non-hydrogen) atoms. The third-order valence-electron chi connectivity index (χ3n) is 3.82. The van der Waals surface area contributed by atoms with Crippen molar-refractivity contribution in [3.8, 4) is 0 Å². The van der Waals surface area contributed by atoms with E-state index in [4.69, 9.17) is 34.8 Å². The molecule has 0 saturated carbocycles. The van der Waals surface area contributed by atoms with Crippen LogP contribution in [0.5, 0.6) is 0 Å². The van der Waals surface area contributed by atoms with E-state index < -0.39 is 10.0 Å². The van der Waals surface area contributed by atoms with Crippen molar-refractivity contribution in [1.82, 2.24) is 9.71 Å². The van der Waals surface area contributed by atoms with Gasteiger partial charge in [0.1, 0.15) is 4.90 Å². The van der Waals surface area contributed by atoms with Crippen molar-refractivity contribution < 1.29 is 8.42 Å². The number of H-pyrrole nitrogens is 1. The molecule has 4 nitrogen and oxygen atoms in total. The van der Waals surface area contributed by atoms with Gasteiger partial charge in [-0.3, -0.25) is 0 Å². The van der Waals surface area contributed by atoms with Gasteiger partial charge in [-0.05, 0) is 37.1 Å². The maximum Gasteiger partial charge on any atom is 0.242 e. The highest BCUT2D eigenvalue weighted by Gasteiger charge is 2.22. The average molecular weight is 418 g/mol. The number of halogens is 3. The Bertz CT molecular complexity index is 1030. The number of benzene rings is 2. The normalized spacial score (nSPS) is 13.3. The maximum absolute atomic E-state index is 12.6. The van der Waals surface area contributed by atoms with Crippen LogP contribution in [0, 0.1) is 0 Å². The molecule has 0 aliphatic carbocycles. The van der Waals surface area contributed by atoms with Crippen LogP contribution in [-0.2, 0) is 16.4 Å². The zero-order valence-electron chi connectivity index (χ0n) is 13.2. The highest BCUT2D eigenvalue weighted by molar-refractivity contribution is 7.89. The van der Waals surface area contributed by atoms with Crippen molar-refractivity contribution in [2.75, 3.05) is 0 Å². The second kappa shape index (κ2) is 7.17. The Morgan fingerprint density at radius 2 is 1.76 bits per heavy atom. The topological polar surface area (TPSA) is 62.0 Å². The molecule has 1 atom stereocenters. The number of nitrogens with one attached hydrogen (secondary N) is 2. The van der Waals surface area contributed by atoms with E-state index in [-0.39, 0.29) is 26.0 Å². The molecule has 0 amide bonds. The molecule has 0 radical (unpaired) electrons. The van der Waals surface area contributed by atoms with Gasteiger partial charge in [0.15, 0.2) is 0 Å². The predicted octanol–water partition coefficient (Wildman–Crippen LogP) is 5.04. The largest absolute Gasteiger partial charge is 0.361 e. The zero-order valence-corrected chi connectivity index (χ0v) is 16.3. The van der Waals surface area contributed by atoms with Gasteiger partial charge in [-0.2, -0.15) is 0 Å². The first-order chi connectivity index (χ1) is 11.8. The molecule has 2 N–H and O–H groups in total. The van der Waals surface area contributed by atoms with Crippen molar-refractivity contribution in [3.63, 3.8) is 0 Å². The molecule has 0 saturated heterocycles. The SMILES string of the molecule is CC(Cc1c[nH]c2ccccc12)NS(=O)(=O)c1cc(Cl)c(Cl)cc1Cl. The van der Waals surface area contributed by atoms with Crippen LogP contribution >= 0.6 is 34.8 Å². The van der Waals surface area contributed by atoms with E-state index in [2.05, 4.69) is 9.71 Å². The Morgan fingerprint density at radius 1 is 1.08 bits per heavy atom. The molecular formula is C17H15Cl3N2O2S. The van der Waals surface area contributed by atoms with Gasteiger partial charge in [-0.25, -0.2) is 13.1 Å². The van der Waals surface area contributed by atoms with E-state index >= 15 is 0 Å². The lowest BCUT2D eigenvalue weighted by Gasteiger charge is -2.15. The first-order valence-corrected chi connectivity index (χ1v) is 10.1. The van der Waals surface area contributed by atoms with Crippen LogP contribution in [0.4, 0.5) is 0 Å². The molecule has 1 aromatic heterocycles. The molecule has 8 heteroatoms. The van der Waals surface area contributed by atoms with Crippen LogP contribution in [0.25, 0.3) is 10.9 Å². The molecule has 0 spiro atoms. The van der Waals surface area contributed by atoms with E-state index in [1.165, 1.54) is 12.1 Å². The molecule has 0 fully saturated rings. The highest BCUT2D eigenvalue weighted by Crippen LogP contribution is 2.31. The van der Waals surface area contributed by atoms with Gasteiger partial charge in [0.25, 0.3) is 0 Å². The second-order valence-corrected chi connectivity index (χ2v) is 8.69. The average Bonchev–Trinajstić information content (AvgIpc) is 2.93. The van der Waals surface area contributed by atoms with Crippen molar-refractivity contribution in [2.45, 2.75) is 24.3 Å². The highest BCUT2D eigenvalue weighted by atomic mass is 35.5. The van der Waals surface area contributed by atoms with Gasteiger partial charge in [0.2, 0.25) is 10.0 Å². The summed E-state index contributed by atoms with van der Waals surface area (Å²) in [7, 11) is -3.82. The number of hydrogen-bond acceptors (Lipinski definition) is 2. The van der Waals surface area contributed by atoms with E-state index in [0.717, 1.165) is 16.5 Å². The summed E-state index contributed by atoms with van der Waals surface area (Å²) in [5.41, 5.74) is 2.05. The Hall–Kier alpha value is -1.24. The predicted molar refractivity (Wildman–Crippen MR) is 103 cm³/mol. The van der Waals surface area contributed by atoms with E-state index in [0.29, 0.717) is 6.42 Å². The lowest BCUT2D eigenvalue weighted by molar-refractivity contribution is 0.560. The Kier molecular flexibility index (Phi) is 5.32. The van der Waals surface area contributed by atoms with Gasteiger partial charge in [-0.15, -0.1) is 0 Å². The zero-order chi connectivity index (χ0) is 18.2. The van der Waals surface area contributed by atoms with Gasteiger partial charge >= 0.3 is 0 Å². The minimum atomic E-state index is -3.82. The van der Waals surface area contributed by atoms with Gasteiger partial charge in [0, 0.05) is 23.1 Å². The summed E-state index contributed by atoms with van der Waals surface area (Å²) in [6.07, 6.45) is 2.42. The number of hydrogen-bond donors (Lipinski definition) is 2. The van der Waals surface area contributed by atoms with Crippen LogP contribution < -0.4 is 4.72 Å². The van der Waals surface area contributed by atoms with Crippen molar-refractivity contribution in [1.29, 1.82) is 0 Å². The minimum Gasteiger partial charge on any atom is -0.361 e. The minimum absolute atomic E-state index is 0.0289. The van der Waals surface area contributed by atoms with E-state index in [1.807, 2.05) is 30.5 Å². The molecule has 0 aliphatic heterocycles.